The van der Waals surface area contributed by atoms with Crippen LogP contribution in [-0.2, 0) is 15.7 Å². The van der Waals surface area contributed by atoms with Gasteiger partial charge in [0.05, 0.1) is 23.1 Å². The van der Waals surface area contributed by atoms with Gasteiger partial charge in [-0.3, -0.25) is 4.79 Å². The van der Waals surface area contributed by atoms with Crippen LogP contribution in [0.3, 0.4) is 0 Å². The summed E-state index contributed by atoms with van der Waals surface area (Å²) in [5.74, 6) is 0.232. The van der Waals surface area contributed by atoms with Crippen molar-refractivity contribution in [2.75, 3.05) is 58.4 Å². The Hall–Kier alpha value is -2.31. The van der Waals surface area contributed by atoms with Gasteiger partial charge in [-0.2, -0.15) is 18.4 Å². The molecule has 1 aromatic carbocycles. The monoisotopic (exact) mass is 478 g/mol. The molecule has 3 saturated heterocycles. The highest BCUT2D eigenvalue weighted by atomic mass is 19.4. The minimum Gasteiger partial charge on any atom is -0.381 e. The van der Waals surface area contributed by atoms with Crippen LogP contribution >= 0.6 is 0 Å². The van der Waals surface area contributed by atoms with Gasteiger partial charge in [-0.05, 0) is 68.8 Å². The third-order valence-electron chi connectivity index (χ3n) is 7.80. The zero-order valence-electron chi connectivity index (χ0n) is 19.9. The molecule has 9 heteroatoms. The lowest BCUT2D eigenvalue weighted by molar-refractivity contribution is -0.137. The van der Waals surface area contributed by atoms with Gasteiger partial charge in [0.15, 0.2) is 0 Å². The van der Waals surface area contributed by atoms with Crippen molar-refractivity contribution in [1.29, 1.82) is 5.26 Å². The average Bonchev–Trinajstić information content (AvgIpc) is 3.28. The number of piperidine rings is 1. The maximum atomic E-state index is 13.5. The molecule has 3 heterocycles. The molecule has 4 rings (SSSR count). The van der Waals surface area contributed by atoms with E-state index in [2.05, 4.69) is 4.90 Å². The van der Waals surface area contributed by atoms with Crippen molar-refractivity contribution >= 4 is 11.6 Å². The summed E-state index contributed by atoms with van der Waals surface area (Å²) in [6.45, 7) is 4.55. The van der Waals surface area contributed by atoms with Gasteiger partial charge in [0, 0.05) is 52.1 Å². The van der Waals surface area contributed by atoms with Crippen LogP contribution < -0.4 is 4.90 Å². The van der Waals surface area contributed by atoms with Crippen LogP contribution in [0.1, 0.15) is 36.8 Å². The van der Waals surface area contributed by atoms with Gasteiger partial charge in [0.2, 0.25) is 5.91 Å². The smallest absolute Gasteiger partial charge is 0.381 e. The normalized spacial score (nSPS) is 25.4. The molecular weight excluding hydrogens is 445 g/mol. The number of carbonyl (C=O) groups is 1. The molecule has 0 radical (unpaired) electrons. The van der Waals surface area contributed by atoms with Gasteiger partial charge >= 0.3 is 6.18 Å². The van der Waals surface area contributed by atoms with Gasteiger partial charge < -0.3 is 19.4 Å². The molecule has 0 bridgehead atoms. The van der Waals surface area contributed by atoms with Crippen molar-refractivity contribution in [2.24, 2.45) is 17.8 Å². The Labute approximate surface area is 199 Å². The van der Waals surface area contributed by atoms with E-state index in [1.165, 1.54) is 6.07 Å². The fourth-order valence-corrected chi connectivity index (χ4v) is 5.93. The molecule has 0 N–H and O–H groups in total. The first-order chi connectivity index (χ1) is 16.2. The molecule has 0 aromatic heterocycles. The molecule has 0 spiro atoms. The van der Waals surface area contributed by atoms with Gasteiger partial charge in [-0.15, -0.1) is 0 Å². The second kappa shape index (κ2) is 10.1. The van der Waals surface area contributed by atoms with Crippen LogP contribution in [0, 0.1) is 29.1 Å². The highest BCUT2D eigenvalue weighted by molar-refractivity contribution is 5.80. The van der Waals surface area contributed by atoms with Crippen molar-refractivity contribution in [3.8, 4) is 6.07 Å². The topological polar surface area (TPSA) is 59.8 Å². The molecule has 0 aliphatic carbocycles. The number of halogens is 3. The van der Waals surface area contributed by atoms with Gasteiger partial charge in [-0.1, -0.05) is 0 Å². The quantitative estimate of drug-likeness (QED) is 0.662. The van der Waals surface area contributed by atoms with Gasteiger partial charge in [-0.25, -0.2) is 0 Å². The third kappa shape index (κ3) is 5.18. The van der Waals surface area contributed by atoms with Gasteiger partial charge in [0.1, 0.15) is 0 Å². The Morgan fingerprint density at radius 3 is 2.38 bits per heavy atom. The first-order valence-electron chi connectivity index (χ1n) is 12.1. The van der Waals surface area contributed by atoms with Crippen LogP contribution in [0.2, 0.25) is 0 Å². The number of nitriles is 1. The average molecular weight is 479 g/mol. The Kier molecular flexibility index (Phi) is 7.39. The van der Waals surface area contributed by atoms with E-state index >= 15 is 0 Å². The third-order valence-corrected chi connectivity index (χ3v) is 7.80. The Morgan fingerprint density at radius 1 is 1.12 bits per heavy atom. The number of hydrogen-bond acceptors (Lipinski definition) is 5. The van der Waals surface area contributed by atoms with Crippen molar-refractivity contribution in [1.82, 2.24) is 9.80 Å². The molecule has 0 unspecified atom stereocenters. The van der Waals surface area contributed by atoms with Crippen molar-refractivity contribution in [3.05, 3.63) is 29.3 Å². The molecular formula is C25H33F3N4O2. The summed E-state index contributed by atoms with van der Waals surface area (Å²) in [6, 6.07) is 6.07. The predicted molar refractivity (Wildman–Crippen MR) is 122 cm³/mol. The van der Waals surface area contributed by atoms with Crippen molar-refractivity contribution in [3.63, 3.8) is 0 Å². The summed E-state index contributed by atoms with van der Waals surface area (Å²) in [6.07, 6.45) is -0.494. The molecule has 0 saturated carbocycles. The lowest BCUT2D eigenvalue weighted by atomic mass is 9.77. The fourth-order valence-electron chi connectivity index (χ4n) is 5.93. The zero-order chi connectivity index (χ0) is 24.5. The lowest BCUT2D eigenvalue weighted by Crippen LogP contribution is -2.46. The Morgan fingerprint density at radius 2 is 1.79 bits per heavy atom. The SMILES string of the molecule is CN(C)C(=O)[C@@H]1CN(c2ccc(C#N)c(C(F)(F)F)c2)C[C@H]1C1CCN(C2CCOCC2)CC1. The highest BCUT2D eigenvalue weighted by Crippen LogP contribution is 2.41. The second-order valence-corrected chi connectivity index (χ2v) is 9.96. The molecule has 34 heavy (non-hydrogen) atoms. The molecule has 2 atom stereocenters. The van der Waals surface area contributed by atoms with Crippen molar-refractivity contribution < 1.29 is 22.7 Å². The van der Waals surface area contributed by atoms with Crippen LogP contribution in [0.15, 0.2) is 18.2 Å². The second-order valence-electron chi connectivity index (χ2n) is 9.96. The number of amides is 1. The first kappa shape index (κ1) is 24.8. The number of nitrogens with zero attached hydrogens (tertiary/aromatic N) is 4. The largest absolute Gasteiger partial charge is 0.417 e. The summed E-state index contributed by atoms with van der Waals surface area (Å²) in [5, 5.41) is 9.12. The molecule has 1 amide bonds. The molecule has 3 aliphatic rings. The van der Waals surface area contributed by atoms with Crippen molar-refractivity contribution in [2.45, 2.75) is 37.9 Å². The van der Waals surface area contributed by atoms with Crippen LogP contribution in [0.5, 0.6) is 0 Å². The van der Waals surface area contributed by atoms with E-state index in [9.17, 15) is 18.0 Å². The minimum absolute atomic E-state index is 0.0315. The summed E-state index contributed by atoms with van der Waals surface area (Å²) in [4.78, 5) is 19.1. The lowest BCUT2D eigenvalue weighted by Gasteiger charge is -2.41. The van der Waals surface area contributed by atoms with E-state index in [1.54, 1.807) is 31.1 Å². The van der Waals surface area contributed by atoms with E-state index in [1.807, 2.05) is 4.90 Å². The fraction of sp³-hybridized carbons (Fsp3) is 0.680. The molecule has 1 aromatic rings. The number of benzene rings is 1. The van der Waals surface area contributed by atoms with Crippen LogP contribution in [0.4, 0.5) is 18.9 Å². The molecule has 3 fully saturated rings. The number of hydrogen-bond donors (Lipinski definition) is 0. The van der Waals surface area contributed by atoms with Crippen LogP contribution in [0.25, 0.3) is 0 Å². The number of ether oxygens (including phenoxy) is 1. The number of alkyl halides is 3. The molecule has 3 aliphatic heterocycles. The number of rotatable bonds is 4. The number of carbonyl (C=O) groups excluding carboxylic acids is 1. The van der Waals surface area contributed by atoms with E-state index < -0.39 is 11.7 Å². The van der Waals surface area contributed by atoms with E-state index in [4.69, 9.17) is 10.00 Å². The predicted octanol–water partition coefficient (Wildman–Crippen LogP) is 3.61. The standard InChI is InChI=1S/C25H33F3N4O2/c1-30(2)24(33)22-16-32(20-4-3-18(14-29)23(13-20)25(26,27)28)15-21(22)17-5-9-31(10-6-17)19-7-11-34-12-8-19/h3-4,13,17,19,21-22H,5-12,15-16H2,1-2H3/t21-,22+/m0/s1. The number of anilines is 1. The highest BCUT2D eigenvalue weighted by Gasteiger charge is 2.44. The number of likely N-dealkylation sites (tertiary alicyclic amines) is 1. The maximum absolute atomic E-state index is 13.5. The molecule has 6 nitrogen and oxygen atoms in total. The minimum atomic E-state index is -4.60. The zero-order valence-corrected chi connectivity index (χ0v) is 19.9. The summed E-state index contributed by atoms with van der Waals surface area (Å²) < 4.78 is 46.1. The summed E-state index contributed by atoms with van der Waals surface area (Å²) in [7, 11) is 3.47. The van der Waals surface area contributed by atoms with E-state index in [0.717, 1.165) is 58.1 Å². The van der Waals surface area contributed by atoms with E-state index in [0.29, 0.717) is 30.7 Å². The first-order valence-corrected chi connectivity index (χ1v) is 12.1. The Bertz CT molecular complexity index is 916. The van der Waals surface area contributed by atoms with Gasteiger partial charge in [0.25, 0.3) is 0 Å². The molecule has 186 valence electrons. The maximum Gasteiger partial charge on any atom is 0.417 e. The summed E-state index contributed by atoms with van der Waals surface area (Å²) >= 11 is 0. The summed E-state index contributed by atoms with van der Waals surface area (Å²) in [5.41, 5.74) is -0.880. The van der Waals surface area contributed by atoms with Crippen LogP contribution in [-0.4, -0.2) is 75.2 Å². The Balaban J connectivity index is 1.51. The van der Waals surface area contributed by atoms with E-state index in [-0.39, 0.29) is 23.3 Å².